The summed E-state index contributed by atoms with van der Waals surface area (Å²) in [5, 5.41) is 19.8. The average Bonchev–Trinajstić information content (AvgIpc) is 3.31. The number of allylic oxidation sites excluding steroid dienone is 1. The molecule has 150 valence electrons. The third-order valence-corrected chi connectivity index (χ3v) is 4.76. The highest BCUT2D eigenvalue weighted by atomic mass is 16.3. The Morgan fingerprint density at radius 1 is 1.24 bits per heavy atom. The van der Waals surface area contributed by atoms with Gasteiger partial charge < -0.3 is 20.2 Å². The van der Waals surface area contributed by atoms with Crippen molar-refractivity contribution in [3.63, 3.8) is 0 Å². The Labute approximate surface area is 168 Å². The number of anilines is 2. The van der Waals surface area contributed by atoms with Crippen LogP contribution in [0, 0.1) is 6.92 Å². The number of hydrogen-bond acceptors (Lipinski definition) is 6. The normalized spacial score (nSPS) is 15.8. The number of carbonyl (C=O) groups is 1. The number of carbonyl (C=O) groups excluding carboxylic acids is 1. The SMILES string of the molecule is CC1=C(C(=O)Nc2ccccc2)C(c2ccc(C)o2)n2nc(CCCO)nc2N1. The fraction of sp³-hybridized carbons (Fsp3) is 0.286. The number of aliphatic hydroxyl groups excluding tert-OH is 1. The number of nitrogens with one attached hydrogen (secondary N) is 2. The van der Waals surface area contributed by atoms with Gasteiger partial charge in [-0.25, -0.2) is 4.68 Å². The van der Waals surface area contributed by atoms with Crippen LogP contribution in [0.4, 0.5) is 11.6 Å². The third kappa shape index (κ3) is 3.79. The number of aliphatic hydroxyl groups is 1. The van der Waals surface area contributed by atoms with Crippen LogP contribution in [-0.2, 0) is 11.2 Å². The van der Waals surface area contributed by atoms with Gasteiger partial charge in [-0.2, -0.15) is 10.1 Å². The number of aromatic nitrogens is 3. The molecule has 0 saturated heterocycles. The fourth-order valence-corrected chi connectivity index (χ4v) is 3.42. The predicted octanol–water partition coefficient (Wildman–Crippen LogP) is 3.03. The molecule has 8 nitrogen and oxygen atoms in total. The van der Waals surface area contributed by atoms with Gasteiger partial charge in [0.1, 0.15) is 17.6 Å². The minimum absolute atomic E-state index is 0.0696. The van der Waals surface area contributed by atoms with Crippen LogP contribution in [0.2, 0.25) is 0 Å². The maximum atomic E-state index is 13.2. The zero-order valence-corrected chi connectivity index (χ0v) is 16.3. The summed E-state index contributed by atoms with van der Waals surface area (Å²) in [5.41, 5.74) is 1.90. The molecular formula is C21H23N5O3. The molecule has 3 N–H and O–H groups in total. The molecule has 1 aromatic carbocycles. The summed E-state index contributed by atoms with van der Waals surface area (Å²) in [6.45, 7) is 3.77. The highest BCUT2D eigenvalue weighted by Crippen LogP contribution is 2.36. The molecule has 3 heterocycles. The van der Waals surface area contributed by atoms with Crippen LogP contribution >= 0.6 is 0 Å². The first-order valence-electron chi connectivity index (χ1n) is 9.53. The average molecular weight is 393 g/mol. The van der Waals surface area contributed by atoms with Crippen LogP contribution in [0.1, 0.15) is 36.7 Å². The van der Waals surface area contributed by atoms with Gasteiger partial charge in [-0.15, -0.1) is 0 Å². The van der Waals surface area contributed by atoms with E-state index in [-0.39, 0.29) is 12.5 Å². The maximum absolute atomic E-state index is 13.2. The Kier molecular flexibility index (Phi) is 5.18. The lowest BCUT2D eigenvalue weighted by Gasteiger charge is -2.27. The summed E-state index contributed by atoms with van der Waals surface area (Å²) in [6.07, 6.45) is 1.12. The van der Waals surface area contributed by atoms with Crippen molar-refractivity contribution >= 4 is 17.5 Å². The number of para-hydroxylation sites is 1. The Morgan fingerprint density at radius 2 is 2.03 bits per heavy atom. The van der Waals surface area contributed by atoms with Crippen molar-refractivity contribution in [3.05, 3.63) is 71.1 Å². The highest BCUT2D eigenvalue weighted by molar-refractivity contribution is 6.05. The molecule has 29 heavy (non-hydrogen) atoms. The molecule has 1 amide bonds. The number of fused-ring (bicyclic) bond motifs is 1. The quantitative estimate of drug-likeness (QED) is 0.595. The fourth-order valence-electron chi connectivity index (χ4n) is 3.42. The van der Waals surface area contributed by atoms with E-state index in [0.717, 1.165) is 5.76 Å². The number of furan rings is 1. The molecule has 8 heteroatoms. The number of hydrogen-bond donors (Lipinski definition) is 3. The number of benzene rings is 1. The molecule has 0 fully saturated rings. The maximum Gasteiger partial charge on any atom is 0.256 e. The second kappa shape index (κ2) is 7.92. The van der Waals surface area contributed by atoms with Gasteiger partial charge in [-0.3, -0.25) is 4.79 Å². The zero-order valence-electron chi connectivity index (χ0n) is 16.3. The molecule has 4 rings (SSSR count). The van der Waals surface area contributed by atoms with Crippen LogP contribution in [0.3, 0.4) is 0 Å². The van der Waals surface area contributed by atoms with Crippen molar-refractivity contribution in [2.75, 3.05) is 17.2 Å². The molecule has 1 aliphatic heterocycles. The highest BCUT2D eigenvalue weighted by Gasteiger charge is 2.36. The molecule has 0 spiro atoms. The third-order valence-electron chi connectivity index (χ3n) is 4.76. The molecule has 3 aromatic rings. The van der Waals surface area contributed by atoms with Gasteiger partial charge in [0, 0.05) is 24.4 Å². The first kappa shape index (κ1) is 18.9. The number of nitrogens with zero attached hydrogens (tertiary/aromatic N) is 3. The summed E-state index contributed by atoms with van der Waals surface area (Å²) >= 11 is 0. The molecule has 0 radical (unpaired) electrons. The van der Waals surface area contributed by atoms with Crippen LogP contribution in [0.5, 0.6) is 0 Å². The van der Waals surface area contributed by atoms with E-state index < -0.39 is 6.04 Å². The summed E-state index contributed by atoms with van der Waals surface area (Å²) in [4.78, 5) is 17.7. The first-order chi connectivity index (χ1) is 14.1. The predicted molar refractivity (Wildman–Crippen MR) is 108 cm³/mol. The Balaban J connectivity index is 1.74. The minimum atomic E-state index is -0.543. The van der Waals surface area contributed by atoms with Crippen LogP contribution < -0.4 is 10.6 Å². The molecule has 1 atom stereocenters. The first-order valence-corrected chi connectivity index (χ1v) is 9.53. The lowest BCUT2D eigenvalue weighted by molar-refractivity contribution is -0.113. The Morgan fingerprint density at radius 3 is 2.72 bits per heavy atom. The molecule has 0 bridgehead atoms. The topological polar surface area (TPSA) is 105 Å². The molecule has 0 saturated carbocycles. The van der Waals surface area contributed by atoms with E-state index in [4.69, 9.17) is 9.52 Å². The number of rotatable bonds is 6. The van der Waals surface area contributed by atoms with Crippen LogP contribution in [0.15, 0.2) is 58.2 Å². The standard InChI is InChI=1S/C21H23N5O3/c1-13-10-11-16(29-13)19-18(20(28)23-15-7-4-3-5-8-15)14(2)22-21-24-17(9-6-12-27)25-26(19)21/h3-5,7-8,10-11,19,27H,6,9,12H2,1-2H3,(H,23,28)(H,22,24,25). The largest absolute Gasteiger partial charge is 0.464 e. The molecule has 1 unspecified atom stereocenters. The van der Waals surface area contributed by atoms with Gasteiger partial charge in [-0.1, -0.05) is 18.2 Å². The van der Waals surface area contributed by atoms with E-state index in [1.165, 1.54) is 0 Å². The van der Waals surface area contributed by atoms with Gasteiger partial charge in [0.05, 0.1) is 5.57 Å². The molecule has 2 aromatic heterocycles. The number of amides is 1. The van der Waals surface area contributed by atoms with Gasteiger partial charge in [0.15, 0.2) is 5.82 Å². The zero-order chi connectivity index (χ0) is 20.4. The van der Waals surface area contributed by atoms with E-state index in [1.807, 2.05) is 56.3 Å². The van der Waals surface area contributed by atoms with E-state index in [9.17, 15) is 4.79 Å². The lowest BCUT2D eigenvalue weighted by atomic mass is 10.00. The van der Waals surface area contributed by atoms with Gasteiger partial charge in [0.2, 0.25) is 5.95 Å². The van der Waals surface area contributed by atoms with Crippen molar-refractivity contribution in [3.8, 4) is 0 Å². The number of aryl methyl sites for hydroxylation is 2. The van der Waals surface area contributed by atoms with E-state index in [0.29, 0.717) is 47.3 Å². The summed E-state index contributed by atoms with van der Waals surface area (Å²) in [6, 6.07) is 12.5. The summed E-state index contributed by atoms with van der Waals surface area (Å²) in [7, 11) is 0. The summed E-state index contributed by atoms with van der Waals surface area (Å²) < 4.78 is 7.56. The van der Waals surface area contributed by atoms with Crippen molar-refractivity contribution in [2.45, 2.75) is 32.7 Å². The second-order valence-electron chi connectivity index (χ2n) is 6.96. The van der Waals surface area contributed by atoms with Crippen molar-refractivity contribution in [2.24, 2.45) is 0 Å². The Bertz CT molecular complexity index is 1050. The molecular weight excluding hydrogens is 370 g/mol. The van der Waals surface area contributed by atoms with E-state index >= 15 is 0 Å². The minimum Gasteiger partial charge on any atom is -0.464 e. The summed E-state index contributed by atoms with van der Waals surface area (Å²) in [5.74, 6) is 2.28. The molecule has 1 aliphatic rings. The smallest absolute Gasteiger partial charge is 0.256 e. The van der Waals surface area contributed by atoms with Gasteiger partial charge >= 0.3 is 0 Å². The van der Waals surface area contributed by atoms with Crippen molar-refractivity contribution < 1.29 is 14.3 Å². The monoisotopic (exact) mass is 393 g/mol. The van der Waals surface area contributed by atoms with Crippen LogP contribution in [0.25, 0.3) is 0 Å². The Hall–Kier alpha value is -3.39. The molecule has 0 aliphatic carbocycles. The van der Waals surface area contributed by atoms with Crippen LogP contribution in [-0.4, -0.2) is 32.4 Å². The van der Waals surface area contributed by atoms with Crippen molar-refractivity contribution in [1.82, 2.24) is 14.8 Å². The van der Waals surface area contributed by atoms with E-state index in [1.54, 1.807) is 4.68 Å². The van der Waals surface area contributed by atoms with E-state index in [2.05, 4.69) is 20.7 Å². The van der Waals surface area contributed by atoms with Gasteiger partial charge in [0.25, 0.3) is 5.91 Å². The van der Waals surface area contributed by atoms with Crippen molar-refractivity contribution in [1.29, 1.82) is 0 Å². The second-order valence-corrected chi connectivity index (χ2v) is 6.96. The van der Waals surface area contributed by atoms with Gasteiger partial charge in [-0.05, 0) is 44.5 Å². The lowest BCUT2D eigenvalue weighted by Crippen LogP contribution is -2.31.